The first kappa shape index (κ1) is 18.7. The summed E-state index contributed by atoms with van der Waals surface area (Å²) in [5, 5.41) is 13.2. The maximum Gasteiger partial charge on any atom is 0.224 e. The third kappa shape index (κ3) is 4.21. The zero-order chi connectivity index (χ0) is 19.4. The number of hydrogen-bond acceptors (Lipinski definition) is 6. The minimum atomic E-state index is 0.0835. The van der Waals surface area contributed by atoms with E-state index in [0.29, 0.717) is 28.4 Å². The number of methoxy groups -OCH3 is 2. The highest BCUT2D eigenvalue weighted by atomic mass is 35.5. The van der Waals surface area contributed by atoms with Crippen LogP contribution in [0.4, 0.5) is 5.82 Å². The molecule has 3 aromatic rings. The normalized spacial score (nSPS) is 11.7. The van der Waals surface area contributed by atoms with Crippen molar-refractivity contribution in [1.29, 1.82) is 5.26 Å². The van der Waals surface area contributed by atoms with Crippen molar-refractivity contribution in [2.75, 3.05) is 19.5 Å². The summed E-state index contributed by atoms with van der Waals surface area (Å²) in [7, 11) is 3.16. The van der Waals surface area contributed by atoms with E-state index in [1.807, 2.05) is 30.3 Å². The molecule has 1 unspecified atom stereocenters. The molecule has 1 N–H and O–H groups in total. The summed E-state index contributed by atoms with van der Waals surface area (Å²) in [5.41, 5.74) is 2.44. The van der Waals surface area contributed by atoms with Crippen molar-refractivity contribution >= 4 is 28.3 Å². The number of nitrogens with zero attached hydrogens (tertiary/aromatic N) is 3. The molecule has 1 aromatic heterocycles. The second-order valence-electron chi connectivity index (χ2n) is 6.12. The Morgan fingerprint density at radius 2 is 1.78 bits per heavy atom. The molecule has 6 nitrogen and oxygen atoms in total. The van der Waals surface area contributed by atoms with Gasteiger partial charge in [-0.3, -0.25) is 0 Å². The standard InChI is InChI=1S/C20H19ClN4O2/c1-12(8-13-4-6-14(11-22)7-5-13)23-19-15-9-17(26-2)18(27-3)10-16(15)24-20(21)25-19/h4-7,9-10,12H,8H2,1-3H3,(H,23,24,25). The molecule has 0 saturated carbocycles. The number of halogens is 1. The number of fused-ring (bicyclic) bond motifs is 1. The average molecular weight is 383 g/mol. The highest BCUT2D eigenvalue weighted by Gasteiger charge is 2.14. The van der Waals surface area contributed by atoms with Crippen molar-refractivity contribution in [2.45, 2.75) is 19.4 Å². The smallest absolute Gasteiger partial charge is 0.224 e. The van der Waals surface area contributed by atoms with Crippen LogP contribution in [0.25, 0.3) is 10.9 Å². The van der Waals surface area contributed by atoms with Crippen LogP contribution in [0.15, 0.2) is 36.4 Å². The van der Waals surface area contributed by atoms with Crippen molar-refractivity contribution in [3.8, 4) is 17.6 Å². The Labute approximate surface area is 162 Å². The molecule has 1 heterocycles. The monoisotopic (exact) mass is 382 g/mol. The summed E-state index contributed by atoms with van der Waals surface area (Å²) < 4.78 is 10.7. The fraction of sp³-hybridized carbons (Fsp3) is 0.250. The van der Waals surface area contributed by atoms with Crippen LogP contribution in [0.5, 0.6) is 11.5 Å². The molecule has 0 aliphatic rings. The quantitative estimate of drug-likeness (QED) is 0.643. The SMILES string of the molecule is COc1cc2nc(Cl)nc(NC(C)Cc3ccc(C#N)cc3)c2cc1OC. The van der Waals surface area contributed by atoms with Crippen LogP contribution >= 0.6 is 11.6 Å². The van der Waals surface area contributed by atoms with Gasteiger partial charge in [-0.05, 0) is 48.7 Å². The molecule has 27 heavy (non-hydrogen) atoms. The second kappa shape index (κ2) is 8.11. The van der Waals surface area contributed by atoms with Gasteiger partial charge < -0.3 is 14.8 Å². The molecule has 1 atom stereocenters. The summed E-state index contributed by atoms with van der Waals surface area (Å²) in [6.07, 6.45) is 0.766. The first-order chi connectivity index (χ1) is 13.0. The predicted octanol–water partition coefficient (Wildman–Crippen LogP) is 4.22. The van der Waals surface area contributed by atoms with Gasteiger partial charge in [-0.2, -0.15) is 5.26 Å². The lowest BCUT2D eigenvalue weighted by molar-refractivity contribution is 0.356. The van der Waals surface area contributed by atoms with E-state index >= 15 is 0 Å². The molecule has 0 spiro atoms. The number of nitrogens with one attached hydrogen (secondary N) is 1. The van der Waals surface area contributed by atoms with Crippen LogP contribution in [-0.2, 0) is 6.42 Å². The van der Waals surface area contributed by atoms with Crippen LogP contribution in [0.1, 0.15) is 18.1 Å². The molecule has 7 heteroatoms. The van der Waals surface area contributed by atoms with Crippen LogP contribution in [-0.4, -0.2) is 30.2 Å². The van der Waals surface area contributed by atoms with E-state index in [9.17, 15) is 0 Å². The van der Waals surface area contributed by atoms with Gasteiger partial charge in [0.1, 0.15) is 5.82 Å². The maximum absolute atomic E-state index is 8.90. The molecule has 0 aliphatic heterocycles. The molecule has 3 rings (SSSR count). The topological polar surface area (TPSA) is 80.1 Å². The van der Waals surface area contributed by atoms with E-state index in [1.165, 1.54) is 0 Å². The van der Waals surface area contributed by atoms with Crippen molar-refractivity contribution in [2.24, 2.45) is 0 Å². The van der Waals surface area contributed by atoms with E-state index in [1.54, 1.807) is 20.3 Å². The Hall–Kier alpha value is -3.04. The predicted molar refractivity (Wildman–Crippen MR) is 106 cm³/mol. The van der Waals surface area contributed by atoms with Gasteiger partial charge in [0.15, 0.2) is 11.5 Å². The Morgan fingerprint density at radius 3 is 2.41 bits per heavy atom. The van der Waals surface area contributed by atoms with Crippen LogP contribution in [0.3, 0.4) is 0 Å². The average Bonchev–Trinajstić information content (AvgIpc) is 2.67. The second-order valence-corrected chi connectivity index (χ2v) is 6.46. The van der Waals surface area contributed by atoms with Crippen LogP contribution in [0, 0.1) is 11.3 Å². The van der Waals surface area contributed by atoms with Crippen molar-refractivity contribution in [1.82, 2.24) is 9.97 Å². The Balaban J connectivity index is 1.89. The third-order valence-electron chi connectivity index (χ3n) is 4.18. The minimum Gasteiger partial charge on any atom is -0.493 e. The fourth-order valence-corrected chi connectivity index (χ4v) is 3.07. The molecule has 0 amide bonds. The molecular weight excluding hydrogens is 364 g/mol. The van der Waals surface area contributed by atoms with E-state index < -0.39 is 0 Å². The van der Waals surface area contributed by atoms with Crippen molar-refractivity contribution in [3.05, 3.63) is 52.8 Å². The van der Waals surface area contributed by atoms with Gasteiger partial charge in [-0.1, -0.05) is 12.1 Å². The van der Waals surface area contributed by atoms with Crippen molar-refractivity contribution < 1.29 is 9.47 Å². The molecule has 0 saturated heterocycles. The zero-order valence-corrected chi connectivity index (χ0v) is 16.0. The van der Waals surface area contributed by atoms with Crippen LogP contribution < -0.4 is 14.8 Å². The Kier molecular flexibility index (Phi) is 5.63. The lowest BCUT2D eigenvalue weighted by Crippen LogP contribution is -2.19. The first-order valence-electron chi connectivity index (χ1n) is 8.39. The Bertz CT molecular complexity index is 1000. The van der Waals surface area contributed by atoms with E-state index in [2.05, 4.69) is 28.3 Å². The number of anilines is 1. The number of nitriles is 1. The zero-order valence-electron chi connectivity index (χ0n) is 15.3. The van der Waals surface area contributed by atoms with Gasteiger partial charge in [-0.15, -0.1) is 0 Å². The van der Waals surface area contributed by atoms with Gasteiger partial charge in [0.05, 0.1) is 31.4 Å². The van der Waals surface area contributed by atoms with Gasteiger partial charge in [0, 0.05) is 17.5 Å². The molecule has 0 radical (unpaired) electrons. The summed E-state index contributed by atoms with van der Waals surface area (Å²) in [6.45, 7) is 2.06. The molecule has 2 aromatic carbocycles. The van der Waals surface area contributed by atoms with E-state index in [-0.39, 0.29) is 11.3 Å². The summed E-state index contributed by atoms with van der Waals surface area (Å²) in [5.74, 6) is 1.81. The molecule has 138 valence electrons. The molecular formula is C20H19ClN4O2. The lowest BCUT2D eigenvalue weighted by atomic mass is 10.1. The molecule has 0 fully saturated rings. The highest BCUT2D eigenvalue weighted by Crippen LogP contribution is 2.34. The molecule has 0 bridgehead atoms. The number of hydrogen-bond donors (Lipinski definition) is 1. The van der Waals surface area contributed by atoms with Crippen LogP contribution in [0.2, 0.25) is 5.28 Å². The minimum absolute atomic E-state index is 0.0835. The molecule has 0 aliphatic carbocycles. The third-order valence-corrected chi connectivity index (χ3v) is 4.35. The largest absolute Gasteiger partial charge is 0.493 e. The Morgan fingerprint density at radius 1 is 1.11 bits per heavy atom. The lowest BCUT2D eigenvalue weighted by Gasteiger charge is -2.17. The summed E-state index contributed by atoms with van der Waals surface area (Å²) in [4.78, 5) is 8.62. The van der Waals surface area contributed by atoms with Gasteiger partial charge in [-0.25, -0.2) is 9.97 Å². The van der Waals surface area contributed by atoms with Crippen molar-refractivity contribution in [3.63, 3.8) is 0 Å². The van der Waals surface area contributed by atoms with E-state index in [4.69, 9.17) is 26.3 Å². The highest BCUT2D eigenvalue weighted by molar-refractivity contribution is 6.28. The number of aromatic nitrogens is 2. The van der Waals surface area contributed by atoms with Gasteiger partial charge >= 0.3 is 0 Å². The summed E-state index contributed by atoms with van der Waals surface area (Å²) >= 11 is 6.11. The fourth-order valence-electron chi connectivity index (χ4n) is 2.89. The number of rotatable bonds is 6. The number of ether oxygens (including phenoxy) is 2. The maximum atomic E-state index is 8.90. The van der Waals surface area contributed by atoms with Gasteiger partial charge in [0.25, 0.3) is 0 Å². The first-order valence-corrected chi connectivity index (χ1v) is 8.76. The summed E-state index contributed by atoms with van der Waals surface area (Å²) in [6, 6.07) is 13.4. The number of benzene rings is 2. The van der Waals surface area contributed by atoms with E-state index in [0.717, 1.165) is 17.4 Å². The van der Waals surface area contributed by atoms with Gasteiger partial charge in [0.2, 0.25) is 5.28 Å².